The first kappa shape index (κ1) is 29.8. The molecule has 12 nitrogen and oxygen atoms in total. The second-order valence-corrected chi connectivity index (χ2v) is 10.6. The van der Waals surface area contributed by atoms with E-state index in [1.807, 2.05) is 0 Å². The molecule has 39 heavy (non-hydrogen) atoms. The molecular formula is C25H32N6O6S2. The summed E-state index contributed by atoms with van der Waals surface area (Å²) in [6.45, 7) is 9.63. The van der Waals surface area contributed by atoms with E-state index in [0.717, 1.165) is 22.7 Å². The van der Waals surface area contributed by atoms with Crippen LogP contribution in [-0.4, -0.2) is 77.1 Å². The molecule has 4 N–H and O–H groups in total. The number of phenols is 1. The average molecular weight is 577 g/mol. The maximum atomic E-state index is 12.7. The Morgan fingerprint density at radius 3 is 1.92 bits per heavy atom. The number of aromatic nitrogens is 2. The maximum absolute atomic E-state index is 12.7. The van der Waals surface area contributed by atoms with Crippen molar-refractivity contribution < 1.29 is 29.0 Å². The second-order valence-electron chi connectivity index (χ2n) is 8.89. The number of hydrogen-bond acceptors (Lipinski definition) is 11. The van der Waals surface area contributed by atoms with Gasteiger partial charge in [0.05, 0.1) is 19.8 Å². The predicted molar refractivity (Wildman–Crippen MR) is 151 cm³/mol. The number of nitrogens with zero attached hydrogens (tertiary/aromatic N) is 3. The van der Waals surface area contributed by atoms with Gasteiger partial charge in [-0.1, -0.05) is 0 Å². The lowest BCUT2D eigenvalue weighted by atomic mass is 10.1. The molecule has 0 aliphatic heterocycles. The number of nitrogens with one attached hydrogen (secondary N) is 3. The number of aromatic hydroxyl groups is 1. The molecule has 0 spiro atoms. The van der Waals surface area contributed by atoms with Crippen molar-refractivity contribution in [2.75, 3.05) is 37.9 Å². The number of thiazole rings is 2. The summed E-state index contributed by atoms with van der Waals surface area (Å²) < 4.78 is 10.3. The smallest absolute Gasteiger partial charge is 0.276 e. The molecule has 0 fully saturated rings. The normalized spacial score (nSPS) is 11.1. The van der Waals surface area contributed by atoms with E-state index in [0.29, 0.717) is 25.2 Å². The third-order valence-corrected chi connectivity index (χ3v) is 7.16. The van der Waals surface area contributed by atoms with Crippen LogP contribution in [0.4, 0.5) is 10.3 Å². The number of hydrogen-bond donors (Lipinski definition) is 4. The molecule has 1 aromatic carbocycles. The largest absolute Gasteiger partial charge is 0.507 e. The molecule has 0 bridgehead atoms. The van der Waals surface area contributed by atoms with Crippen LogP contribution in [-0.2, 0) is 0 Å². The Kier molecular flexibility index (Phi) is 10.2. The van der Waals surface area contributed by atoms with E-state index in [1.165, 1.54) is 31.7 Å². The molecule has 0 aliphatic rings. The van der Waals surface area contributed by atoms with Crippen LogP contribution in [0, 0.1) is 0 Å². The number of anilines is 2. The van der Waals surface area contributed by atoms with Gasteiger partial charge in [-0.05, 0) is 27.7 Å². The van der Waals surface area contributed by atoms with E-state index in [1.54, 1.807) is 5.38 Å². The van der Waals surface area contributed by atoms with Gasteiger partial charge >= 0.3 is 0 Å². The zero-order valence-corrected chi connectivity index (χ0v) is 24.2. The summed E-state index contributed by atoms with van der Waals surface area (Å²) in [7, 11) is 2.82. The van der Waals surface area contributed by atoms with Crippen molar-refractivity contribution in [3.63, 3.8) is 0 Å². The fourth-order valence-electron chi connectivity index (χ4n) is 3.75. The summed E-state index contributed by atoms with van der Waals surface area (Å²) in [4.78, 5) is 48.4. The molecule has 2 aromatic heterocycles. The minimum atomic E-state index is -0.643. The zero-order chi connectivity index (χ0) is 28.7. The highest BCUT2D eigenvalue weighted by molar-refractivity contribution is 7.14. The number of ether oxygens (including phenoxy) is 2. The number of phenolic OH excluding ortho intramolecular Hbond substituents is 1. The molecule has 0 saturated carbocycles. The van der Waals surface area contributed by atoms with Crippen molar-refractivity contribution in [3.8, 4) is 17.2 Å². The topological polar surface area (TPSA) is 155 Å². The van der Waals surface area contributed by atoms with Gasteiger partial charge in [-0.15, -0.1) is 22.7 Å². The Morgan fingerprint density at radius 2 is 1.38 bits per heavy atom. The van der Waals surface area contributed by atoms with Gasteiger partial charge in [0.2, 0.25) is 0 Å². The number of rotatable bonds is 12. The Bertz CT molecular complexity index is 1310. The van der Waals surface area contributed by atoms with Crippen LogP contribution in [0.3, 0.4) is 0 Å². The van der Waals surface area contributed by atoms with Gasteiger partial charge in [0.25, 0.3) is 17.7 Å². The van der Waals surface area contributed by atoms with Crippen molar-refractivity contribution in [2.45, 2.75) is 39.8 Å². The molecule has 0 aliphatic carbocycles. The first-order valence-electron chi connectivity index (χ1n) is 12.1. The van der Waals surface area contributed by atoms with Crippen LogP contribution in [0.25, 0.3) is 0 Å². The molecule has 210 valence electrons. The molecule has 14 heteroatoms. The van der Waals surface area contributed by atoms with Crippen molar-refractivity contribution in [3.05, 3.63) is 39.8 Å². The van der Waals surface area contributed by atoms with Crippen LogP contribution >= 0.6 is 22.7 Å². The molecule has 2 heterocycles. The minimum Gasteiger partial charge on any atom is -0.507 e. The maximum Gasteiger partial charge on any atom is 0.276 e. The minimum absolute atomic E-state index is 0.0514. The highest BCUT2D eigenvalue weighted by Gasteiger charge is 2.20. The quantitative estimate of drug-likeness (QED) is 0.253. The SMILES string of the molecule is COc1cc(O)c(C(=O)Nc2nc(C(=O)Nc3nc(C(=O)NCCN(C(C)C)C(C)C)cs3)cs2)cc1OC. The van der Waals surface area contributed by atoms with Gasteiger partial charge in [-0.3, -0.25) is 29.9 Å². The van der Waals surface area contributed by atoms with E-state index in [9.17, 15) is 19.5 Å². The third-order valence-electron chi connectivity index (χ3n) is 5.64. The van der Waals surface area contributed by atoms with Crippen LogP contribution in [0.5, 0.6) is 17.2 Å². The van der Waals surface area contributed by atoms with Crippen LogP contribution in [0.2, 0.25) is 0 Å². The van der Waals surface area contributed by atoms with Gasteiger partial charge in [-0.2, -0.15) is 0 Å². The van der Waals surface area contributed by atoms with Crippen molar-refractivity contribution in [2.24, 2.45) is 0 Å². The number of benzene rings is 1. The van der Waals surface area contributed by atoms with Crippen molar-refractivity contribution in [1.29, 1.82) is 0 Å². The highest BCUT2D eigenvalue weighted by Crippen LogP contribution is 2.34. The monoisotopic (exact) mass is 576 g/mol. The molecule has 3 amide bonds. The molecular weight excluding hydrogens is 544 g/mol. The highest BCUT2D eigenvalue weighted by atomic mass is 32.1. The predicted octanol–water partition coefficient (Wildman–Crippen LogP) is 3.68. The van der Waals surface area contributed by atoms with Crippen LogP contribution < -0.4 is 25.4 Å². The number of methoxy groups -OCH3 is 2. The fraction of sp³-hybridized carbons (Fsp3) is 0.400. The third kappa shape index (κ3) is 7.65. The molecule has 3 aromatic rings. The number of amides is 3. The van der Waals surface area contributed by atoms with E-state index < -0.39 is 11.8 Å². The summed E-state index contributed by atoms with van der Waals surface area (Å²) in [6.07, 6.45) is 0. The molecule has 0 saturated heterocycles. The Morgan fingerprint density at radius 1 is 0.872 bits per heavy atom. The molecule has 3 rings (SSSR count). The summed E-state index contributed by atoms with van der Waals surface area (Å²) in [5, 5.41) is 21.6. The van der Waals surface area contributed by atoms with Gasteiger partial charge in [0, 0.05) is 48.1 Å². The fourth-order valence-corrected chi connectivity index (χ4v) is 5.12. The standard InChI is InChI=1S/C25H32N6O6S2/c1-13(2)31(14(3)4)8-7-26-22(34)16-11-38-25(27-16)30-23(35)17-12-39-24(28-17)29-21(33)15-9-19(36-5)20(37-6)10-18(15)32/h9-14,32H,7-8H2,1-6H3,(H,26,34)(H,27,30,35)(H,28,29,33). The number of carbonyl (C=O) groups excluding carboxylic acids is 3. The van der Waals surface area contributed by atoms with Crippen molar-refractivity contribution in [1.82, 2.24) is 20.2 Å². The van der Waals surface area contributed by atoms with Crippen LogP contribution in [0.1, 0.15) is 59.0 Å². The van der Waals surface area contributed by atoms with Crippen molar-refractivity contribution >= 4 is 50.7 Å². The summed E-state index contributed by atoms with van der Waals surface area (Å²) in [6, 6.07) is 3.33. The molecule has 0 radical (unpaired) electrons. The first-order chi connectivity index (χ1) is 18.5. The average Bonchev–Trinajstić information content (AvgIpc) is 3.55. The van der Waals surface area contributed by atoms with Gasteiger partial charge in [0.15, 0.2) is 21.8 Å². The van der Waals surface area contributed by atoms with E-state index >= 15 is 0 Å². The second kappa shape index (κ2) is 13.4. The van der Waals surface area contributed by atoms with E-state index in [4.69, 9.17) is 9.47 Å². The van der Waals surface area contributed by atoms with Gasteiger partial charge < -0.3 is 19.9 Å². The summed E-state index contributed by atoms with van der Waals surface area (Å²) in [5.41, 5.74) is 0.205. The lowest BCUT2D eigenvalue weighted by molar-refractivity contribution is 0.0933. The van der Waals surface area contributed by atoms with Gasteiger partial charge in [-0.25, -0.2) is 9.97 Å². The lowest BCUT2D eigenvalue weighted by Gasteiger charge is -2.30. The Hall–Kier alpha value is -3.75. The van der Waals surface area contributed by atoms with E-state index in [-0.39, 0.29) is 50.4 Å². The molecule has 0 atom stereocenters. The zero-order valence-electron chi connectivity index (χ0n) is 22.5. The van der Waals surface area contributed by atoms with Gasteiger partial charge in [0.1, 0.15) is 17.1 Å². The Labute approximate surface area is 234 Å². The summed E-state index contributed by atoms with van der Waals surface area (Å²) in [5.74, 6) is -1.28. The summed E-state index contributed by atoms with van der Waals surface area (Å²) >= 11 is 2.15. The Balaban J connectivity index is 1.57. The number of carbonyl (C=O) groups is 3. The first-order valence-corrected chi connectivity index (χ1v) is 13.8. The van der Waals surface area contributed by atoms with Crippen LogP contribution in [0.15, 0.2) is 22.9 Å². The van der Waals surface area contributed by atoms with E-state index in [2.05, 4.69) is 58.5 Å². The molecule has 0 unspecified atom stereocenters. The lowest BCUT2D eigenvalue weighted by Crippen LogP contribution is -2.42.